The monoisotopic (exact) mass is 354 g/mol. The van der Waals surface area contributed by atoms with E-state index in [1.54, 1.807) is 0 Å². The molecule has 0 bridgehead atoms. The highest BCUT2D eigenvalue weighted by molar-refractivity contribution is 6.56. The predicted octanol–water partition coefficient (Wildman–Crippen LogP) is 5.22. The molecule has 8 heteroatoms. The van der Waals surface area contributed by atoms with E-state index in [0.29, 0.717) is 6.29 Å². The van der Waals surface area contributed by atoms with Gasteiger partial charge in [0.05, 0.1) is 36.4 Å². The maximum atomic E-state index is 11.0. The lowest BCUT2D eigenvalue weighted by molar-refractivity contribution is 0.112. The molecule has 98 valence electrons. The van der Waals surface area contributed by atoms with E-state index >= 15 is 0 Å². The van der Waals surface area contributed by atoms with Gasteiger partial charge in [0.15, 0.2) is 6.29 Å². The summed E-state index contributed by atoms with van der Waals surface area (Å²) in [7, 11) is 0. The van der Waals surface area contributed by atoms with Crippen LogP contribution in [0.25, 0.3) is 11.3 Å². The predicted molar refractivity (Wildman–Crippen MR) is 77.9 cm³/mol. The molecule has 0 fully saturated rings. The Morgan fingerprint density at radius 1 is 0.895 bits per heavy atom. The van der Waals surface area contributed by atoms with E-state index in [9.17, 15) is 4.79 Å². The highest BCUT2D eigenvalue weighted by atomic mass is 35.5. The average Bonchev–Trinajstić information content (AvgIpc) is 2.44. The number of aldehydes is 1. The molecule has 2 aromatic rings. The molecule has 0 spiro atoms. The van der Waals surface area contributed by atoms with Crippen molar-refractivity contribution >= 4 is 64.3 Å². The van der Waals surface area contributed by atoms with Crippen LogP contribution in [0.1, 0.15) is 10.4 Å². The normalized spacial score (nSPS) is 10.6. The average molecular weight is 356 g/mol. The fourth-order valence-electron chi connectivity index (χ4n) is 1.45. The van der Waals surface area contributed by atoms with Gasteiger partial charge in [0.2, 0.25) is 0 Å². The van der Waals surface area contributed by atoms with Gasteiger partial charge in [-0.15, -0.1) is 0 Å². The lowest BCUT2D eigenvalue weighted by atomic mass is 10.1. The van der Waals surface area contributed by atoms with Gasteiger partial charge in [-0.05, 0) is 0 Å². The second-order valence-electron chi connectivity index (χ2n) is 3.39. The first-order valence-corrected chi connectivity index (χ1v) is 6.65. The van der Waals surface area contributed by atoms with Gasteiger partial charge in [-0.2, -0.15) is 0 Å². The molecule has 0 N–H and O–H groups in total. The van der Waals surface area contributed by atoms with Crippen LogP contribution in [-0.4, -0.2) is 16.3 Å². The van der Waals surface area contributed by atoms with Crippen molar-refractivity contribution in [3.8, 4) is 11.3 Å². The van der Waals surface area contributed by atoms with Crippen LogP contribution < -0.4 is 0 Å². The number of benzene rings is 1. The molecule has 0 atom stereocenters. The Kier molecular flexibility index (Phi) is 4.54. The second-order valence-corrected chi connectivity index (χ2v) is 5.28. The van der Waals surface area contributed by atoms with Crippen LogP contribution in [0.3, 0.4) is 0 Å². The Bertz CT molecular complexity index is 645. The molecule has 0 aliphatic heterocycles. The number of aromatic nitrogens is 2. The van der Waals surface area contributed by atoms with Crippen LogP contribution in [0.4, 0.5) is 0 Å². The summed E-state index contributed by atoms with van der Waals surface area (Å²) in [6.45, 7) is 0. The minimum Gasteiger partial charge on any atom is -0.298 e. The van der Waals surface area contributed by atoms with Gasteiger partial charge in [0, 0.05) is 11.8 Å². The van der Waals surface area contributed by atoms with Crippen molar-refractivity contribution in [1.29, 1.82) is 0 Å². The second kappa shape index (κ2) is 5.81. The number of halogens is 5. The van der Waals surface area contributed by atoms with Crippen LogP contribution >= 0.6 is 58.0 Å². The summed E-state index contributed by atoms with van der Waals surface area (Å²) in [5.41, 5.74) is 0.688. The van der Waals surface area contributed by atoms with E-state index in [1.807, 2.05) is 0 Å². The summed E-state index contributed by atoms with van der Waals surface area (Å²) in [6.07, 6.45) is 3.17. The molecule has 2 rings (SSSR count). The lowest BCUT2D eigenvalue weighted by Gasteiger charge is -2.12. The van der Waals surface area contributed by atoms with Gasteiger partial charge in [-0.1, -0.05) is 58.0 Å². The molecular formula is C11H3Cl5N2O. The van der Waals surface area contributed by atoms with Gasteiger partial charge in [0.1, 0.15) is 6.33 Å². The number of nitrogens with zero attached hydrogens (tertiary/aromatic N) is 2. The van der Waals surface area contributed by atoms with E-state index in [4.69, 9.17) is 58.0 Å². The minimum atomic E-state index is 0.0446. The Morgan fingerprint density at radius 2 is 1.42 bits per heavy atom. The van der Waals surface area contributed by atoms with E-state index in [0.717, 1.165) is 0 Å². The first-order valence-electron chi connectivity index (χ1n) is 4.76. The van der Waals surface area contributed by atoms with Crippen molar-refractivity contribution in [2.45, 2.75) is 0 Å². The van der Waals surface area contributed by atoms with Crippen molar-refractivity contribution in [3.63, 3.8) is 0 Å². The fraction of sp³-hybridized carbons (Fsp3) is 0. The third-order valence-corrected chi connectivity index (χ3v) is 4.59. The largest absolute Gasteiger partial charge is 0.298 e. The molecule has 19 heavy (non-hydrogen) atoms. The molecule has 0 saturated carbocycles. The number of carbonyl (C=O) groups is 1. The van der Waals surface area contributed by atoms with E-state index in [1.165, 1.54) is 12.5 Å². The zero-order chi connectivity index (χ0) is 14.2. The first-order chi connectivity index (χ1) is 8.99. The van der Waals surface area contributed by atoms with Gasteiger partial charge in [-0.3, -0.25) is 4.79 Å². The molecule has 0 unspecified atom stereocenters. The Labute approximate surface area is 133 Å². The van der Waals surface area contributed by atoms with Crippen molar-refractivity contribution in [2.75, 3.05) is 0 Å². The number of hydrogen-bond donors (Lipinski definition) is 0. The third-order valence-electron chi connectivity index (χ3n) is 2.31. The number of hydrogen-bond acceptors (Lipinski definition) is 3. The molecule has 0 saturated heterocycles. The molecule has 1 heterocycles. The summed E-state index contributed by atoms with van der Waals surface area (Å²) in [6, 6.07) is 0. The van der Waals surface area contributed by atoms with E-state index in [-0.39, 0.29) is 41.9 Å². The van der Waals surface area contributed by atoms with Crippen LogP contribution in [0.5, 0.6) is 0 Å². The molecular weight excluding hydrogens is 353 g/mol. The van der Waals surface area contributed by atoms with Gasteiger partial charge in [0.25, 0.3) is 0 Å². The highest BCUT2D eigenvalue weighted by Crippen LogP contribution is 2.48. The van der Waals surface area contributed by atoms with Crippen LogP contribution in [-0.2, 0) is 0 Å². The van der Waals surface area contributed by atoms with E-state index < -0.39 is 0 Å². The van der Waals surface area contributed by atoms with Crippen molar-refractivity contribution in [1.82, 2.24) is 9.97 Å². The Hall–Kier alpha value is -0.580. The quantitative estimate of drug-likeness (QED) is 0.421. The van der Waals surface area contributed by atoms with Gasteiger partial charge < -0.3 is 0 Å². The standard InChI is InChI=1S/C11H3Cl5N2O/c12-6-5(7(13)9(15)10(16)8(6)14)11-4(2-19)1-17-3-18-11/h1-3H. The van der Waals surface area contributed by atoms with Crippen molar-refractivity contribution in [3.05, 3.63) is 43.2 Å². The number of rotatable bonds is 2. The van der Waals surface area contributed by atoms with Crippen molar-refractivity contribution < 1.29 is 4.79 Å². The molecule has 0 aliphatic carbocycles. The smallest absolute Gasteiger partial charge is 0.153 e. The van der Waals surface area contributed by atoms with Gasteiger partial charge in [-0.25, -0.2) is 9.97 Å². The zero-order valence-corrected chi connectivity index (χ0v) is 12.7. The topological polar surface area (TPSA) is 42.9 Å². The highest BCUT2D eigenvalue weighted by Gasteiger charge is 2.22. The van der Waals surface area contributed by atoms with Crippen molar-refractivity contribution in [2.24, 2.45) is 0 Å². The summed E-state index contributed by atoms with van der Waals surface area (Å²) in [5.74, 6) is 0. The van der Waals surface area contributed by atoms with Gasteiger partial charge >= 0.3 is 0 Å². The third kappa shape index (κ3) is 2.54. The Morgan fingerprint density at radius 3 is 1.95 bits per heavy atom. The molecule has 0 aliphatic rings. The summed E-state index contributed by atoms with van der Waals surface area (Å²) in [4.78, 5) is 18.7. The molecule has 1 aromatic heterocycles. The maximum Gasteiger partial charge on any atom is 0.153 e. The van der Waals surface area contributed by atoms with E-state index in [2.05, 4.69) is 9.97 Å². The summed E-state index contributed by atoms with van der Waals surface area (Å²) in [5, 5.41) is 0.279. The zero-order valence-electron chi connectivity index (χ0n) is 8.92. The molecule has 1 aromatic carbocycles. The van der Waals surface area contributed by atoms with Crippen LogP contribution in [0, 0.1) is 0 Å². The molecule has 3 nitrogen and oxygen atoms in total. The molecule has 0 amide bonds. The summed E-state index contributed by atoms with van der Waals surface area (Å²) < 4.78 is 0. The lowest BCUT2D eigenvalue weighted by Crippen LogP contribution is -1.96. The Balaban J connectivity index is 2.87. The van der Waals surface area contributed by atoms with Crippen LogP contribution in [0.2, 0.25) is 25.1 Å². The maximum absolute atomic E-state index is 11.0. The molecule has 0 radical (unpaired) electrons. The SMILES string of the molecule is O=Cc1cncnc1-c1c(Cl)c(Cl)c(Cl)c(Cl)c1Cl. The summed E-state index contributed by atoms with van der Waals surface area (Å²) >= 11 is 30.0. The van der Waals surface area contributed by atoms with Crippen LogP contribution in [0.15, 0.2) is 12.5 Å². The number of carbonyl (C=O) groups excluding carboxylic acids is 1. The first kappa shape index (κ1) is 14.8. The fourth-order valence-corrected chi connectivity index (χ4v) is 2.77. The minimum absolute atomic E-state index is 0.0446.